The lowest BCUT2D eigenvalue weighted by Crippen LogP contribution is -2.00. The zero-order valence-electron chi connectivity index (χ0n) is 7.92. The molecule has 14 heavy (non-hydrogen) atoms. The van der Waals surface area contributed by atoms with Gasteiger partial charge in [0, 0.05) is 0 Å². The Morgan fingerprint density at radius 3 is 2.93 bits per heavy atom. The monoisotopic (exact) mass is 210 g/mol. The van der Waals surface area contributed by atoms with Crippen LogP contribution in [0, 0.1) is 6.92 Å². The number of hydrogen-bond acceptors (Lipinski definition) is 2. The number of benzene rings is 1. The molecule has 0 aliphatic carbocycles. The third kappa shape index (κ3) is 2.60. The number of carbonyl (C=O) groups is 1. The smallest absolute Gasteiger partial charge is 0.256 e. The van der Waals surface area contributed by atoms with E-state index in [2.05, 4.69) is 6.58 Å². The average Bonchev–Trinajstić information content (AvgIpc) is 2.15. The Labute approximate surface area is 88.1 Å². The van der Waals surface area contributed by atoms with Crippen molar-refractivity contribution in [2.75, 3.05) is 6.61 Å². The predicted octanol–water partition coefficient (Wildman–Crippen LogP) is 2.94. The highest BCUT2D eigenvalue weighted by Crippen LogP contribution is 2.21. The van der Waals surface area contributed by atoms with E-state index < -0.39 is 5.24 Å². The van der Waals surface area contributed by atoms with Gasteiger partial charge in [-0.25, -0.2) is 0 Å². The van der Waals surface area contributed by atoms with Crippen molar-refractivity contribution in [3.05, 3.63) is 42.0 Å². The van der Waals surface area contributed by atoms with E-state index >= 15 is 0 Å². The second-order valence-corrected chi connectivity index (χ2v) is 3.22. The van der Waals surface area contributed by atoms with Crippen molar-refractivity contribution >= 4 is 16.8 Å². The molecule has 0 N–H and O–H groups in total. The number of aryl methyl sites for hydroxylation is 1. The lowest BCUT2D eigenvalue weighted by molar-refractivity contribution is 0.107. The quantitative estimate of drug-likeness (QED) is 0.564. The first kappa shape index (κ1) is 10.8. The van der Waals surface area contributed by atoms with Crippen LogP contribution in [0.4, 0.5) is 0 Å². The Morgan fingerprint density at radius 2 is 2.36 bits per heavy atom. The minimum Gasteiger partial charge on any atom is -0.489 e. The third-order valence-corrected chi connectivity index (χ3v) is 1.91. The van der Waals surface area contributed by atoms with Crippen LogP contribution in [0.2, 0.25) is 0 Å². The van der Waals surface area contributed by atoms with Gasteiger partial charge in [0.1, 0.15) is 12.4 Å². The summed E-state index contributed by atoms with van der Waals surface area (Å²) in [6.07, 6.45) is 1.61. The van der Waals surface area contributed by atoms with E-state index in [0.717, 1.165) is 5.56 Å². The second-order valence-electron chi connectivity index (χ2n) is 2.87. The van der Waals surface area contributed by atoms with E-state index in [1.807, 2.05) is 13.0 Å². The fourth-order valence-corrected chi connectivity index (χ4v) is 1.22. The van der Waals surface area contributed by atoms with Gasteiger partial charge >= 0.3 is 0 Å². The molecule has 1 rings (SSSR count). The maximum absolute atomic E-state index is 11.0. The maximum Gasteiger partial charge on any atom is 0.256 e. The molecule has 0 amide bonds. The lowest BCUT2D eigenvalue weighted by atomic mass is 10.1. The number of ether oxygens (including phenoxy) is 1. The fraction of sp³-hybridized carbons (Fsp3) is 0.182. The standard InChI is InChI=1S/C11H11ClO2/c1-3-6-14-10-5-4-8(2)7-9(10)11(12)13/h3-5,7H,1,6H2,2H3. The van der Waals surface area contributed by atoms with Crippen molar-refractivity contribution in [2.24, 2.45) is 0 Å². The van der Waals surface area contributed by atoms with Crippen LogP contribution in [-0.2, 0) is 0 Å². The molecule has 0 radical (unpaired) electrons. The topological polar surface area (TPSA) is 26.3 Å². The van der Waals surface area contributed by atoms with Crippen molar-refractivity contribution in [3.8, 4) is 5.75 Å². The van der Waals surface area contributed by atoms with Gasteiger partial charge in [0.05, 0.1) is 5.56 Å². The zero-order chi connectivity index (χ0) is 10.6. The second kappa shape index (κ2) is 4.82. The normalized spacial score (nSPS) is 9.57. The Morgan fingerprint density at radius 1 is 1.64 bits per heavy atom. The lowest BCUT2D eigenvalue weighted by Gasteiger charge is -2.07. The molecule has 1 aromatic carbocycles. The summed E-state index contributed by atoms with van der Waals surface area (Å²) in [5, 5.41) is -0.507. The zero-order valence-corrected chi connectivity index (χ0v) is 8.67. The van der Waals surface area contributed by atoms with Crippen molar-refractivity contribution in [1.29, 1.82) is 0 Å². The van der Waals surface area contributed by atoms with Gasteiger partial charge in [-0.1, -0.05) is 24.3 Å². The van der Waals surface area contributed by atoms with E-state index in [-0.39, 0.29) is 0 Å². The highest BCUT2D eigenvalue weighted by atomic mass is 35.5. The molecule has 1 aromatic rings. The van der Waals surface area contributed by atoms with Crippen LogP contribution >= 0.6 is 11.6 Å². The summed E-state index contributed by atoms with van der Waals surface area (Å²) in [4.78, 5) is 11.0. The van der Waals surface area contributed by atoms with E-state index in [1.54, 1.807) is 18.2 Å². The van der Waals surface area contributed by atoms with E-state index in [4.69, 9.17) is 16.3 Å². The van der Waals surface area contributed by atoms with Crippen molar-refractivity contribution in [2.45, 2.75) is 6.92 Å². The van der Waals surface area contributed by atoms with Gasteiger partial charge in [0.25, 0.3) is 5.24 Å². The van der Waals surface area contributed by atoms with Crippen LogP contribution in [0.3, 0.4) is 0 Å². The van der Waals surface area contributed by atoms with Crippen LogP contribution in [-0.4, -0.2) is 11.8 Å². The molecule has 0 fully saturated rings. The SMILES string of the molecule is C=CCOc1ccc(C)cc1C(=O)Cl. The number of carbonyl (C=O) groups excluding carboxylic acids is 1. The van der Waals surface area contributed by atoms with Gasteiger partial charge in [-0.2, -0.15) is 0 Å². The highest BCUT2D eigenvalue weighted by Gasteiger charge is 2.09. The number of hydrogen-bond donors (Lipinski definition) is 0. The summed E-state index contributed by atoms with van der Waals surface area (Å²) in [6, 6.07) is 5.30. The number of rotatable bonds is 4. The molecule has 0 aromatic heterocycles. The summed E-state index contributed by atoms with van der Waals surface area (Å²) >= 11 is 5.41. The molecular weight excluding hydrogens is 200 g/mol. The molecule has 0 saturated carbocycles. The molecule has 0 aliphatic rings. The minimum atomic E-state index is -0.507. The fourth-order valence-electron chi connectivity index (χ4n) is 1.07. The molecule has 0 heterocycles. The van der Waals surface area contributed by atoms with Crippen molar-refractivity contribution < 1.29 is 9.53 Å². The minimum absolute atomic E-state index is 0.361. The Kier molecular flexibility index (Phi) is 3.72. The van der Waals surface area contributed by atoms with Crippen LogP contribution < -0.4 is 4.74 Å². The Bertz CT molecular complexity index is 358. The van der Waals surface area contributed by atoms with Crippen LogP contribution in [0.1, 0.15) is 15.9 Å². The molecule has 0 unspecified atom stereocenters. The first-order valence-corrected chi connectivity index (χ1v) is 4.57. The van der Waals surface area contributed by atoms with E-state index in [1.165, 1.54) is 0 Å². The summed E-state index contributed by atoms with van der Waals surface area (Å²) in [5.41, 5.74) is 1.37. The predicted molar refractivity (Wildman–Crippen MR) is 57.1 cm³/mol. The molecule has 74 valence electrons. The van der Waals surface area contributed by atoms with Crippen LogP contribution in [0.25, 0.3) is 0 Å². The van der Waals surface area contributed by atoms with E-state index in [9.17, 15) is 4.79 Å². The van der Waals surface area contributed by atoms with Gasteiger partial charge in [-0.3, -0.25) is 4.79 Å². The summed E-state index contributed by atoms with van der Waals surface area (Å²) in [6.45, 7) is 5.78. The van der Waals surface area contributed by atoms with E-state index in [0.29, 0.717) is 17.9 Å². The van der Waals surface area contributed by atoms with Crippen molar-refractivity contribution in [3.63, 3.8) is 0 Å². The molecular formula is C11H11ClO2. The third-order valence-electron chi connectivity index (χ3n) is 1.70. The van der Waals surface area contributed by atoms with Gasteiger partial charge in [0.15, 0.2) is 0 Å². The van der Waals surface area contributed by atoms with Crippen LogP contribution in [0.15, 0.2) is 30.9 Å². The molecule has 0 spiro atoms. The summed E-state index contributed by atoms with van der Waals surface area (Å²) in [7, 11) is 0. The Hall–Kier alpha value is -1.28. The Balaban J connectivity index is 3.01. The molecule has 3 heteroatoms. The largest absolute Gasteiger partial charge is 0.489 e. The van der Waals surface area contributed by atoms with Gasteiger partial charge in [0.2, 0.25) is 0 Å². The van der Waals surface area contributed by atoms with Gasteiger partial charge < -0.3 is 4.74 Å². The molecule has 0 aliphatic heterocycles. The highest BCUT2D eigenvalue weighted by molar-refractivity contribution is 6.68. The average molecular weight is 211 g/mol. The molecule has 0 saturated heterocycles. The van der Waals surface area contributed by atoms with Gasteiger partial charge in [-0.15, -0.1) is 0 Å². The van der Waals surface area contributed by atoms with Gasteiger partial charge in [-0.05, 0) is 30.7 Å². The number of halogens is 1. The van der Waals surface area contributed by atoms with Crippen molar-refractivity contribution in [1.82, 2.24) is 0 Å². The summed E-state index contributed by atoms with van der Waals surface area (Å²) in [5.74, 6) is 0.496. The maximum atomic E-state index is 11.0. The first-order valence-electron chi connectivity index (χ1n) is 4.19. The first-order chi connectivity index (χ1) is 6.65. The molecule has 0 bridgehead atoms. The molecule has 2 nitrogen and oxygen atoms in total. The summed E-state index contributed by atoms with van der Waals surface area (Å²) < 4.78 is 5.28. The molecule has 0 atom stereocenters. The van der Waals surface area contributed by atoms with Crippen LogP contribution in [0.5, 0.6) is 5.75 Å².